The molecule has 0 aliphatic carbocycles. The molecule has 0 aliphatic heterocycles. The number of nitrogens with zero attached hydrogens (tertiary/aromatic N) is 4. The van der Waals surface area contributed by atoms with Crippen LogP contribution in [0.2, 0.25) is 10.0 Å². The summed E-state index contributed by atoms with van der Waals surface area (Å²) in [6.45, 7) is 0. The highest BCUT2D eigenvalue weighted by Gasteiger charge is 2.27. The van der Waals surface area contributed by atoms with E-state index in [2.05, 4.69) is 31.8 Å². The van der Waals surface area contributed by atoms with Crippen molar-refractivity contribution in [1.82, 2.24) is 19.9 Å². The first-order valence-electron chi connectivity index (χ1n) is 7.72. The third-order valence-electron chi connectivity index (χ3n) is 3.57. The van der Waals surface area contributed by atoms with Crippen LogP contribution in [-0.4, -0.2) is 35.5 Å². The van der Waals surface area contributed by atoms with Gasteiger partial charge in [0.15, 0.2) is 4.90 Å². The summed E-state index contributed by atoms with van der Waals surface area (Å²) in [5, 5.41) is 5.39. The maximum atomic E-state index is 12.2. The summed E-state index contributed by atoms with van der Waals surface area (Å²) in [6.07, 6.45) is 5.53. The Labute approximate surface area is 176 Å². The number of nitrogens with two attached hydrogens (primary N) is 2. The third kappa shape index (κ3) is 4.38. The molecule has 0 spiro atoms. The van der Waals surface area contributed by atoms with Crippen LogP contribution in [0.5, 0.6) is 5.88 Å². The maximum absolute atomic E-state index is 12.2. The molecule has 0 aliphatic rings. The van der Waals surface area contributed by atoms with E-state index >= 15 is 0 Å². The first kappa shape index (κ1) is 20.8. The normalized spacial score (nSPS) is 10.9. The number of methoxy groups -OCH3 is 1. The molecule has 0 saturated carbocycles. The zero-order valence-electron chi connectivity index (χ0n) is 14.7. The summed E-state index contributed by atoms with van der Waals surface area (Å²) < 4.78 is 29.4. The zero-order chi connectivity index (χ0) is 21.2. The Morgan fingerprint density at radius 1 is 1.07 bits per heavy atom. The first-order chi connectivity index (χ1) is 13.7. The molecule has 29 heavy (non-hydrogen) atoms. The van der Waals surface area contributed by atoms with Gasteiger partial charge in [-0.2, -0.15) is 0 Å². The van der Waals surface area contributed by atoms with Gasteiger partial charge in [-0.25, -0.2) is 28.5 Å². The van der Waals surface area contributed by atoms with Gasteiger partial charge in [-0.15, -0.1) is 0 Å². The molecular formula is C17H12Cl2N6O3S. The lowest BCUT2D eigenvalue weighted by molar-refractivity contribution is 0.385. The highest BCUT2D eigenvalue weighted by molar-refractivity contribution is 7.89. The second-order valence-electron chi connectivity index (χ2n) is 5.47. The Morgan fingerprint density at radius 3 is 2.38 bits per heavy atom. The molecule has 0 fully saturated rings. The average molecular weight is 451 g/mol. The van der Waals surface area contributed by atoms with Crippen LogP contribution in [-0.2, 0) is 10.0 Å². The Kier molecular flexibility index (Phi) is 5.86. The molecule has 0 saturated heterocycles. The van der Waals surface area contributed by atoms with E-state index in [1.807, 2.05) is 0 Å². The number of sulfonamides is 1. The van der Waals surface area contributed by atoms with Crippen molar-refractivity contribution >= 4 is 39.2 Å². The minimum absolute atomic E-state index is 0.0266. The lowest BCUT2D eigenvalue weighted by atomic mass is 10.1. The van der Waals surface area contributed by atoms with E-state index < -0.39 is 14.9 Å². The van der Waals surface area contributed by atoms with Crippen LogP contribution < -0.4 is 15.6 Å². The van der Waals surface area contributed by atoms with E-state index in [1.165, 1.54) is 31.9 Å². The van der Waals surface area contributed by atoms with Crippen LogP contribution in [0.4, 0.5) is 5.95 Å². The highest BCUT2D eigenvalue weighted by Crippen LogP contribution is 2.40. The van der Waals surface area contributed by atoms with Crippen molar-refractivity contribution in [3.8, 4) is 29.0 Å². The van der Waals surface area contributed by atoms with Gasteiger partial charge in [0.1, 0.15) is 0 Å². The van der Waals surface area contributed by atoms with Gasteiger partial charge in [0.2, 0.25) is 21.9 Å². The number of pyridine rings is 2. The number of nitrogen functional groups attached to an aromatic ring is 1. The molecule has 3 heterocycles. The maximum Gasteiger partial charge on any atom is 0.244 e. The van der Waals surface area contributed by atoms with E-state index in [-0.39, 0.29) is 33.1 Å². The van der Waals surface area contributed by atoms with Crippen LogP contribution in [0, 0.1) is 11.8 Å². The van der Waals surface area contributed by atoms with E-state index in [4.69, 9.17) is 38.8 Å². The van der Waals surface area contributed by atoms with Crippen LogP contribution in [0.3, 0.4) is 0 Å². The first-order valence-corrected chi connectivity index (χ1v) is 10.0. The van der Waals surface area contributed by atoms with Gasteiger partial charge in [0, 0.05) is 29.7 Å². The lowest BCUT2D eigenvalue weighted by Gasteiger charge is -2.14. The number of anilines is 1. The highest BCUT2D eigenvalue weighted by atomic mass is 35.5. The predicted octanol–water partition coefficient (Wildman–Crippen LogP) is 1.88. The fraction of sp³-hybridized carbons (Fsp3) is 0.0588. The average Bonchev–Trinajstić information content (AvgIpc) is 2.68. The van der Waals surface area contributed by atoms with Crippen molar-refractivity contribution < 1.29 is 13.2 Å². The molecule has 3 aromatic heterocycles. The largest absolute Gasteiger partial charge is 0.480 e. The fourth-order valence-corrected chi connectivity index (χ4v) is 3.75. The number of hydrogen-bond acceptors (Lipinski definition) is 8. The molecule has 0 unspecified atom stereocenters. The second kappa shape index (κ2) is 8.18. The van der Waals surface area contributed by atoms with Gasteiger partial charge in [-0.05, 0) is 6.07 Å². The summed E-state index contributed by atoms with van der Waals surface area (Å²) in [5.41, 5.74) is 6.33. The molecule has 4 N–H and O–H groups in total. The summed E-state index contributed by atoms with van der Waals surface area (Å²) in [7, 11) is -3.02. The molecule has 148 valence electrons. The quantitative estimate of drug-likeness (QED) is 0.574. The van der Waals surface area contributed by atoms with Gasteiger partial charge in [-0.1, -0.05) is 35.0 Å². The fourth-order valence-electron chi connectivity index (χ4n) is 2.34. The topological polar surface area (TPSA) is 147 Å². The molecule has 0 bridgehead atoms. The van der Waals surface area contributed by atoms with E-state index in [9.17, 15) is 8.42 Å². The number of ether oxygens (including phenoxy) is 1. The molecule has 0 radical (unpaired) electrons. The number of rotatable bonds is 3. The van der Waals surface area contributed by atoms with Crippen molar-refractivity contribution in [2.75, 3.05) is 12.8 Å². The summed E-state index contributed by atoms with van der Waals surface area (Å²) in [6, 6.07) is 1.56. The SMILES string of the molecule is COc1ncc(Cl)c(-c2nccc(C#Cc3cnc(N)nc3)c2Cl)c1S(N)(=O)=O. The molecule has 3 rings (SSSR count). The minimum atomic E-state index is -4.27. The lowest BCUT2D eigenvalue weighted by Crippen LogP contribution is -2.16. The standard InChI is InChI=1S/C17H12Cl2N6O3S/c1-28-16-15(29(21,26)27)12(11(18)8-23-16)14-13(19)10(4-5-22-14)3-2-9-6-24-17(20)25-7-9/h4-8H,1H3,(H2,20,24,25)(H2,21,26,27). The number of primary sulfonamides is 1. The van der Waals surface area contributed by atoms with Crippen LogP contribution >= 0.6 is 23.2 Å². The van der Waals surface area contributed by atoms with Gasteiger partial charge in [0.05, 0.1) is 34.6 Å². The summed E-state index contributed by atoms with van der Waals surface area (Å²) in [5.74, 6) is 5.57. The zero-order valence-corrected chi connectivity index (χ0v) is 17.0. The number of aromatic nitrogens is 4. The van der Waals surface area contributed by atoms with E-state index in [0.717, 1.165) is 0 Å². The molecule has 0 aromatic carbocycles. The van der Waals surface area contributed by atoms with E-state index in [1.54, 1.807) is 6.07 Å². The third-order valence-corrected chi connectivity index (χ3v) is 5.19. The van der Waals surface area contributed by atoms with Gasteiger partial charge in [0.25, 0.3) is 0 Å². The van der Waals surface area contributed by atoms with Crippen LogP contribution in [0.15, 0.2) is 35.7 Å². The van der Waals surface area contributed by atoms with Crippen LogP contribution in [0.25, 0.3) is 11.3 Å². The molecule has 0 atom stereocenters. The molecular weight excluding hydrogens is 439 g/mol. The van der Waals surface area contributed by atoms with Crippen molar-refractivity contribution in [3.05, 3.63) is 52.0 Å². The van der Waals surface area contributed by atoms with Crippen molar-refractivity contribution in [2.45, 2.75) is 4.90 Å². The number of hydrogen-bond donors (Lipinski definition) is 2. The Bertz CT molecular complexity index is 1250. The Hall–Kier alpha value is -2.97. The van der Waals surface area contributed by atoms with E-state index in [0.29, 0.717) is 11.1 Å². The van der Waals surface area contributed by atoms with Gasteiger partial charge in [-0.3, -0.25) is 4.98 Å². The minimum Gasteiger partial charge on any atom is -0.480 e. The molecule has 9 nitrogen and oxygen atoms in total. The Morgan fingerprint density at radius 2 is 1.76 bits per heavy atom. The van der Waals surface area contributed by atoms with Crippen LogP contribution in [0.1, 0.15) is 11.1 Å². The molecule has 0 amide bonds. The van der Waals surface area contributed by atoms with Crippen molar-refractivity contribution in [2.24, 2.45) is 5.14 Å². The summed E-state index contributed by atoms with van der Waals surface area (Å²) in [4.78, 5) is 15.3. The Balaban J connectivity index is 2.20. The van der Waals surface area contributed by atoms with Gasteiger partial charge < -0.3 is 10.5 Å². The smallest absolute Gasteiger partial charge is 0.244 e. The molecule has 3 aromatic rings. The van der Waals surface area contributed by atoms with Crippen molar-refractivity contribution in [3.63, 3.8) is 0 Å². The second-order valence-corrected chi connectivity index (χ2v) is 7.75. The van der Waals surface area contributed by atoms with Gasteiger partial charge >= 0.3 is 0 Å². The summed E-state index contributed by atoms with van der Waals surface area (Å²) >= 11 is 12.7. The predicted molar refractivity (Wildman–Crippen MR) is 108 cm³/mol. The molecule has 12 heteroatoms. The van der Waals surface area contributed by atoms with Crippen molar-refractivity contribution in [1.29, 1.82) is 0 Å². The monoisotopic (exact) mass is 450 g/mol. The number of halogens is 2.